The van der Waals surface area contributed by atoms with Crippen molar-refractivity contribution in [2.24, 2.45) is 0 Å². The van der Waals surface area contributed by atoms with Crippen molar-refractivity contribution >= 4 is 40.9 Å². The second-order valence-electron chi connectivity index (χ2n) is 4.54. The first-order chi connectivity index (χ1) is 11.1. The lowest BCUT2D eigenvalue weighted by Gasteiger charge is -2.06. The van der Waals surface area contributed by atoms with Crippen LogP contribution in [0.25, 0.3) is 6.08 Å². The summed E-state index contributed by atoms with van der Waals surface area (Å²) < 4.78 is 0. The molecule has 1 N–H and O–H groups in total. The topological polar surface area (TPSA) is 52.9 Å². The molecule has 2 aromatic carbocycles. The molecular weight excluding hydrogens is 331 g/mol. The standard InChI is InChI=1S/C18H12Cl2N2O/c19-15-9-10-16(20)17(11-15)22-18(23)14(12-21)8-4-7-13-5-2-1-3-6-13/h1-11H,(H,22,23). The zero-order valence-electron chi connectivity index (χ0n) is 12.0. The number of allylic oxidation sites excluding steroid dienone is 2. The van der Waals surface area contributed by atoms with Gasteiger partial charge in [0.15, 0.2) is 0 Å². The van der Waals surface area contributed by atoms with Gasteiger partial charge in [0.2, 0.25) is 0 Å². The van der Waals surface area contributed by atoms with Crippen molar-refractivity contribution in [3.05, 3.63) is 81.9 Å². The Morgan fingerprint density at radius 1 is 1.13 bits per heavy atom. The van der Waals surface area contributed by atoms with Gasteiger partial charge in [-0.3, -0.25) is 4.79 Å². The number of amides is 1. The summed E-state index contributed by atoms with van der Waals surface area (Å²) in [7, 11) is 0. The lowest BCUT2D eigenvalue weighted by atomic mass is 10.2. The molecular formula is C18H12Cl2N2O. The summed E-state index contributed by atoms with van der Waals surface area (Å²) >= 11 is 11.8. The van der Waals surface area contributed by atoms with Crippen LogP contribution < -0.4 is 5.32 Å². The molecule has 0 heterocycles. The number of rotatable bonds is 4. The fourth-order valence-electron chi connectivity index (χ4n) is 1.77. The zero-order valence-corrected chi connectivity index (χ0v) is 13.5. The molecule has 0 atom stereocenters. The number of carbonyl (C=O) groups is 1. The smallest absolute Gasteiger partial charge is 0.266 e. The lowest BCUT2D eigenvalue weighted by molar-refractivity contribution is -0.112. The van der Waals surface area contributed by atoms with Gasteiger partial charge in [-0.15, -0.1) is 0 Å². The van der Waals surface area contributed by atoms with Gasteiger partial charge in [0.05, 0.1) is 10.7 Å². The van der Waals surface area contributed by atoms with Crippen molar-refractivity contribution in [1.29, 1.82) is 5.26 Å². The third-order valence-electron chi connectivity index (χ3n) is 2.89. The Kier molecular flexibility index (Phi) is 5.99. The average Bonchev–Trinajstić information content (AvgIpc) is 2.56. The van der Waals surface area contributed by atoms with Crippen molar-refractivity contribution in [3.8, 4) is 6.07 Å². The Hall–Kier alpha value is -2.54. The van der Waals surface area contributed by atoms with E-state index < -0.39 is 5.91 Å². The lowest BCUT2D eigenvalue weighted by Crippen LogP contribution is -2.13. The van der Waals surface area contributed by atoms with Crippen molar-refractivity contribution < 1.29 is 4.79 Å². The van der Waals surface area contributed by atoms with Gasteiger partial charge in [-0.25, -0.2) is 0 Å². The molecule has 0 radical (unpaired) electrons. The first-order valence-corrected chi connectivity index (χ1v) is 7.45. The molecule has 1 amide bonds. The first-order valence-electron chi connectivity index (χ1n) is 6.70. The monoisotopic (exact) mass is 342 g/mol. The molecule has 0 aliphatic carbocycles. The average molecular weight is 343 g/mol. The van der Waals surface area contributed by atoms with Crippen molar-refractivity contribution in [3.63, 3.8) is 0 Å². The minimum absolute atomic E-state index is 0.0341. The van der Waals surface area contributed by atoms with Crippen LogP contribution in [-0.2, 0) is 4.79 Å². The Morgan fingerprint density at radius 3 is 2.57 bits per heavy atom. The number of hydrogen-bond acceptors (Lipinski definition) is 2. The van der Waals surface area contributed by atoms with Crippen LogP contribution >= 0.6 is 23.2 Å². The maximum Gasteiger partial charge on any atom is 0.266 e. The highest BCUT2D eigenvalue weighted by Gasteiger charge is 2.10. The number of anilines is 1. The SMILES string of the molecule is N#CC(=CC=Cc1ccccc1)C(=O)Nc1cc(Cl)ccc1Cl. The molecule has 0 saturated heterocycles. The zero-order chi connectivity index (χ0) is 16.7. The Balaban J connectivity index is 2.12. The quantitative estimate of drug-likeness (QED) is 0.477. The fraction of sp³-hybridized carbons (Fsp3) is 0. The highest BCUT2D eigenvalue weighted by Crippen LogP contribution is 2.25. The molecule has 2 aromatic rings. The predicted octanol–water partition coefficient (Wildman–Crippen LogP) is 5.10. The second-order valence-corrected chi connectivity index (χ2v) is 5.38. The van der Waals surface area contributed by atoms with E-state index in [0.717, 1.165) is 5.56 Å². The van der Waals surface area contributed by atoms with E-state index in [1.54, 1.807) is 24.3 Å². The summed E-state index contributed by atoms with van der Waals surface area (Å²) in [5.74, 6) is -0.547. The van der Waals surface area contributed by atoms with Crippen LogP contribution in [0.15, 0.2) is 66.3 Å². The number of nitrogens with one attached hydrogen (secondary N) is 1. The molecule has 0 aliphatic heterocycles. The third kappa shape index (κ3) is 5.00. The van der Waals surface area contributed by atoms with Crippen LogP contribution in [0.5, 0.6) is 0 Å². The van der Waals surface area contributed by atoms with Gasteiger partial charge in [0.1, 0.15) is 11.6 Å². The van der Waals surface area contributed by atoms with Gasteiger partial charge in [0.25, 0.3) is 5.91 Å². The van der Waals surface area contributed by atoms with Crippen LogP contribution in [-0.4, -0.2) is 5.91 Å². The summed E-state index contributed by atoms with van der Waals surface area (Å²) in [5, 5.41) is 12.5. The molecule has 0 bridgehead atoms. The van der Waals surface area contributed by atoms with Crippen LogP contribution in [0.1, 0.15) is 5.56 Å². The molecule has 0 fully saturated rings. The number of nitrogens with zero attached hydrogens (tertiary/aromatic N) is 1. The Labute approximate surface area is 144 Å². The first kappa shape index (κ1) is 16.8. The number of nitriles is 1. The second kappa shape index (κ2) is 8.19. The third-order valence-corrected chi connectivity index (χ3v) is 3.46. The van der Waals surface area contributed by atoms with E-state index in [1.165, 1.54) is 12.1 Å². The van der Waals surface area contributed by atoms with E-state index >= 15 is 0 Å². The molecule has 0 unspecified atom stereocenters. The predicted molar refractivity (Wildman–Crippen MR) is 94.3 cm³/mol. The summed E-state index contributed by atoms with van der Waals surface area (Å²) in [6.07, 6.45) is 4.89. The molecule has 2 rings (SSSR count). The molecule has 0 aromatic heterocycles. The maximum atomic E-state index is 12.1. The van der Waals surface area contributed by atoms with Gasteiger partial charge in [-0.05, 0) is 29.8 Å². The van der Waals surface area contributed by atoms with Crippen molar-refractivity contribution in [2.45, 2.75) is 0 Å². The van der Waals surface area contributed by atoms with Crippen LogP contribution in [0.3, 0.4) is 0 Å². The van der Waals surface area contributed by atoms with E-state index in [9.17, 15) is 4.79 Å². The molecule has 0 saturated carbocycles. The fourth-order valence-corrected chi connectivity index (χ4v) is 2.10. The Bertz CT molecular complexity index is 806. The van der Waals surface area contributed by atoms with Crippen molar-refractivity contribution in [2.75, 3.05) is 5.32 Å². The maximum absolute atomic E-state index is 12.1. The molecule has 5 heteroatoms. The van der Waals surface area contributed by atoms with E-state index in [4.69, 9.17) is 28.5 Å². The highest BCUT2D eigenvalue weighted by atomic mass is 35.5. The number of benzene rings is 2. The largest absolute Gasteiger partial charge is 0.320 e. The van der Waals surface area contributed by atoms with Crippen LogP contribution in [0.4, 0.5) is 5.69 Å². The van der Waals surface area contributed by atoms with Gasteiger partial charge in [-0.2, -0.15) is 5.26 Å². The number of carbonyl (C=O) groups excluding carboxylic acids is 1. The van der Waals surface area contributed by atoms with E-state index in [0.29, 0.717) is 15.7 Å². The van der Waals surface area contributed by atoms with Crippen LogP contribution in [0.2, 0.25) is 10.0 Å². The van der Waals surface area contributed by atoms with E-state index in [1.807, 2.05) is 36.4 Å². The van der Waals surface area contributed by atoms with Gasteiger partial charge >= 0.3 is 0 Å². The minimum Gasteiger partial charge on any atom is -0.320 e. The Morgan fingerprint density at radius 2 is 1.87 bits per heavy atom. The van der Waals surface area contributed by atoms with E-state index in [2.05, 4.69) is 5.32 Å². The molecule has 0 aliphatic rings. The summed E-state index contributed by atoms with van der Waals surface area (Å²) in [4.78, 5) is 12.1. The summed E-state index contributed by atoms with van der Waals surface area (Å²) in [6.45, 7) is 0. The number of hydrogen-bond donors (Lipinski definition) is 1. The van der Waals surface area contributed by atoms with E-state index in [-0.39, 0.29) is 5.57 Å². The van der Waals surface area contributed by atoms with Gasteiger partial charge in [-0.1, -0.05) is 65.7 Å². The summed E-state index contributed by atoms with van der Waals surface area (Å²) in [5.41, 5.74) is 1.30. The van der Waals surface area contributed by atoms with Crippen LogP contribution in [0, 0.1) is 11.3 Å². The highest BCUT2D eigenvalue weighted by molar-refractivity contribution is 6.35. The minimum atomic E-state index is -0.547. The number of halogens is 2. The van der Waals surface area contributed by atoms with Gasteiger partial charge in [0, 0.05) is 5.02 Å². The van der Waals surface area contributed by atoms with Crippen molar-refractivity contribution in [1.82, 2.24) is 0 Å². The molecule has 0 spiro atoms. The normalized spacial score (nSPS) is 11.3. The summed E-state index contributed by atoms with van der Waals surface area (Å²) in [6, 6.07) is 16.1. The molecule has 23 heavy (non-hydrogen) atoms. The molecule has 3 nitrogen and oxygen atoms in total. The van der Waals surface area contributed by atoms with Gasteiger partial charge < -0.3 is 5.32 Å². The molecule has 114 valence electrons.